The van der Waals surface area contributed by atoms with E-state index in [9.17, 15) is 9.18 Å². The molecule has 3 nitrogen and oxygen atoms in total. The number of piperazine rings is 1. The standard InChI is InChI=1S/C19H21FN2O/c1-14-8-9-16(12-17(14)20)19(23)22-11-10-21(2)13-18(22)15-6-4-3-5-7-15/h3-9,12,18H,10-11,13H2,1-2H3. The molecule has 2 aromatic rings. The number of amides is 1. The predicted octanol–water partition coefficient (Wildman–Crippen LogP) is 3.26. The second-order valence-corrected chi connectivity index (χ2v) is 6.15. The summed E-state index contributed by atoms with van der Waals surface area (Å²) >= 11 is 0. The highest BCUT2D eigenvalue weighted by Crippen LogP contribution is 2.26. The normalized spacial score (nSPS) is 18.9. The Kier molecular flexibility index (Phi) is 4.44. The van der Waals surface area contributed by atoms with Crippen molar-refractivity contribution in [2.45, 2.75) is 13.0 Å². The number of nitrogens with zero attached hydrogens (tertiary/aromatic N) is 2. The Morgan fingerprint density at radius 1 is 1.13 bits per heavy atom. The summed E-state index contributed by atoms with van der Waals surface area (Å²) in [5.74, 6) is -0.438. The molecule has 0 N–H and O–H groups in total. The Bertz CT molecular complexity index is 702. The fraction of sp³-hybridized carbons (Fsp3) is 0.316. The van der Waals surface area contributed by atoms with Gasteiger partial charge in [-0.25, -0.2) is 4.39 Å². The van der Waals surface area contributed by atoms with Crippen molar-refractivity contribution in [2.24, 2.45) is 0 Å². The van der Waals surface area contributed by atoms with E-state index >= 15 is 0 Å². The molecule has 0 spiro atoms. The van der Waals surface area contributed by atoms with Gasteiger partial charge < -0.3 is 9.80 Å². The number of benzene rings is 2. The van der Waals surface area contributed by atoms with Gasteiger partial charge in [0, 0.05) is 25.2 Å². The first kappa shape index (κ1) is 15.7. The lowest BCUT2D eigenvalue weighted by Crippen LogP contribution is -2.49. The third-order valence-electron chi connectivity index (χ3n) is 4.45. The molecular weight excluding hydrogens is 291 g/mol. The Labute approximate surface area is 136 Å². The van der Waals surface area contributed by atoms with Gasteiger partial charge in [-0.1, -0.05) is 36.4 Å². The molecule has 1 fully saturated rings. The third-order valence-corrected chi connectivity index (χ3v) is 4.45. The van der Waals surface area contributed by atoms with E-state index in [0.29, 0.717) is 17.7 Å². The lowest BCUT2D eigenvalue weighted by Gasteiger charge is -2.40. The highest BCUT2D eigenvalue weighted by molar-refractivity contribution is 5.94. The van der Waals surface area contributed by atoms with Gasteiger partial charge >= 0.3 is 0 Å². The van der Waals surface area contributed by atoms with Gasteiger partial charge in [0.05, 0.1) is 6.04 Å². The van der Waals surface area contributed by atoms with Crippen LogP contribution < -0.4 is 0 Å². The quantitative estimate of drug-likeness (QED) is 0.850. The van der Waals surface area contributed by atoms with Crippen molar-refractivity contribution in [1.29, 1.82) is 0 Å². The molecule has 1 saturated heterocycles. The third kappa shape index (κ3) is 3.27. The van der Waals surface area contributed by atoms with Gasteiger partial charge in [-0.3, -0.25) is 4.79 Å². The number of hydrogen-bond donors (Lipinski definition) is 0. The number of hydrogen-bond acceptors (Lipinski definition) is 2. The lowest BCUT2D eigenvalue weighted by atomic mass is 10.0. The molecule has 0 bridgehead atoms. The van der Waals surface area contributed by atoms with E-state index < -0.39 is 0 Å². The molecule has 0 aromatic heterocycles. The molecule has 0 radical (unpaired) electrons. The van der Waals surface area contributed by atoms with Gasteiger partial charge in [0.1, 0.15) is 5.82 Å². The van der Waals surface area contributed by atoms with Gasteiger partial charge in [-0.15, -0.1) is 0 Å². The van der Waals surface area contributed by atoms with Gasteiger partial charge in [-0.2, -0.15) is 0 Å². The van der Waals surface area contributed by atoms with Crippen LogP contribution in [0.4, 0.5) is 4.39 Å². The largest absolute Gasteiger partial charge is 0.329 e. The topological polar surface area (TPSA) is 23.6 Å². The molecule has 1 heterocycles. The summed E-state index contributed by atoms with van der Waals surface area (Å²) in [6, 6.07) is 14.7. The Morgan fingerprint density at radius 3 is 2.57 bits per heavy atom. The van der Waals surface area contributed by atoms with E-state index in [1.807, 2.05) is 35.2 Å². The predicted molar refractivity (Wildman–Crippen MR) is 88.9 cm³/mol. The minimum absolute atomic E-state index is 0.00758. The summed E-state index contributed by atoms with van der Waals surface area (Å²) in [4.78, 5) is 17.0. The van der Waals surface area contributed by atoms with Gasteiger partial charge in [0.25, 0.3) is 5.91 Å². The highest BCUT2D eigenvalue weighted by atomic mass is 19.1. The molecule has 2 aromatic carbocycles. The molecule has 1 amide bonds. The van der Waals surface area contributed by atoms with Crippen LogP contribution in [0.2, 0.25) is 0 Å². The van der Waals surface area contributed by atoms with Crippen molar-refractivity contribution in [2.75, 3.05) is 26.7 Å². The molecule has 0 aliphatic carbocycles. The molecule has 3 rings (SSSR count). The first-order valence-electron chi connectivity index (χ1n) is 7.87. The maximum Gasteiger partial charge on any atom is 0.254 e. The summed E-state index contributed by atoms with van der Waals surface area (Å²) < 4.78 is 13.8. The molecule has 1 aliphatic rings. The first-order chi connectivity index (χ1) is 11.1. The molecular formula is C19H21FN2O. The summed E-state index contributed by atoms with van der Waals surface area (Å²) in [6.07, 6.45) is 0. The summed E-state index contributed by atoms with van der Waals surface area (Å²) in [7, 11) is 2.06. The molecule has 120 valence electrons. The zero-order valence-corrected chi connectivity index (χ0v) is 13.5. The fourth-order valence-corrected chi connectivity index (χ4v) is 3.01. The first-order valence-corrected chi connectivity index (χ1v) is 7.87. The molecule has 4 heteroatoms. The minimum Gasteiger partial charge on any atom is -0.329 e. The SMILES string of the molecule is Cc1ccc(C(=O)N2CCN(C)CC2c2ccccc2)cc1F. The summed E-state index contributed by atoms with van der Waals surface area (Å²) in [6.45, 7) is 3.95. The monoisotopic (exact) mass is 312 g/mol. The summed E-state index contributed by atoms with van der Waals surface area (Å²) in [5, 5.41) is 0. The average molecular weight is 312 g/mol. The van der Waals surface area contributed by atoms with E-state index in [1.165, 1.54) is 6.07 Å². The zero-order valence-electron chi connectivity index (χ0n) is 13.5. The number of carbonyl (C=O) groups is 1. The van der Waals surface area contributed by atoms with E-state index in [0.717, 1.165) is 18.7 Å². The van der Waals surface area contributed by atoms with E-state index in [1.54, 1.807) is 19.1 Å². The number of likely N-dealkylation sites (N-methyl/N-ethyl adjacent to an activating group) is 1. The van der Waals surface area contributed by atoms with Crippen LogP contribution in [-0.4, -0.2) is 42.4 Å². The van der Waals surface area contributed by atoms with E-state index in [-0.39, 0.29) is 17.8 Å². The van der Waals surface area contributed by atoms with Crippen molar-refractivity contribution in [3.05, 3.63) is 71.0 Å². The van der Waals surface area contributed by atoms with Crippen molar-refractivity contribution in [3.8, 4) is 0 Å². The van der Waals surface area contributed by atoms with Crippen molar-refractivity contribution < 1.29 is 9.18 Å². The Hall–Kier alpha value is -2.20. The van der Waals surface area contributed by atoms with Crippen molar-refractivity contribution in [1.82, 2.24) is 9.80 Å². The lowest BCUT2D eigenvalue weighted by molar-refractivity contribution is 0.0497. The maximum atomic E-state index is 13.8. The van der Waals surface area contributed by atoms with Crippen LogP contribution in [0, 0.1) is 12.7 Å². The number of carbonyl (C=O) groups excluding carboxylic acids is 1. The van der Waals surface area contributed by atoms with E-state index in [4.69, 9.17) is 0 Å². The molecule has 1 unspecified atom stereocenters. The molecule has 0 saturated carbocycles. The van der Waals surface area contributed by atoms with Crippen LogP contribution in [0.25, 0.3) is 0 Å². The zero-order chi connectivity index (χ0) is 16.4. The van der Waals surface area contributed by atoms with Gasteiger partial charge in [0.15, 0.2) is 0 Å². The smallest absolute Gasteiger partial charge is 0.254 e. The van der Waals surface area contributed by atoms with Crippen LogP contribution >= 0.6 is 0 Å². The Morgan fingerprint density at radius 2 is 1.87 bits per heavy atom. The van der Waals surface area contributed by atoms with Crippen LogP contribution in [0.3, 0.4) is 0 Å². The molecule has 1 atom stereocenters. The highest BCUT2D eigenvalue weighted by Gasteiger charge is 2.30. The van der Waals surface area contributed by atoms with Crippen LogP contribution in [0.1, 0.15) is 27.5 Å². The van der Waals surface area contributed by atoms with Crippen LogP contribution in [0.15, 0.2) is 48.5 Å². The fourth-order valence-electron chi connectivity index (χ4n) is 3.01. The average Bonchev–Trinajstić information content (AvgIpc) is 2.57. The Balaban J connectivity index is 1.91. The van der Waals surface area contributed by atoms with Gasteiger partial charge in [0.2, 0.25) is 0 Å². The van der Waals surface area contributed by atoms with Gasteiger partial charge in [-0.05, 0) is 37.2 Å². The second kappa shape index (κ2) is 6.50. The molecule has 1 aliphatic heterocycles. The van der Waals surface area contributed by atoms with Crippen LogP contribution in [-0.2, 0) is 0 Å². The molecule has 23 heavy (non-hydrogen) atoms. The van der Waals surface area contributed by atoms with Crippen molar-refractivity contribution in [3.63, 3.8) is 0 Å². The number of halogens is 1. The minimum atomic E-state index is -0.332. The second-order valence-electron chi connectivity index (χ2n) is 6.15. The van der Waals surface area contributed by atoms with E-state index in [2.05, 4.69) is 11.9 Å². The van der Waals surface area contributed by atoms with Crippen LogP contribution in [0.5, 0.6) is 0 Å². The number of rotatable bonds is 2. The van der Waals surface area contributed by atoms with Crippen molar-refractivity contribution >= 4 is 5.91 Å². The summed E-state index contributed by atoms with van der Waals surface area (Å²) in [5.41, 5.74) is 2.08. The maximum absolute atomic E-state index is 13.8. The number of aryl methyl sites for hydroxylation is 1.